The molecule has 0 radical (unpaired) electrons. The highest BCUT2D eigenvalue weighted by atomic mass is 16.5. The summed E-state index contributed by atoms with van der Waals surface area (Å²) in [5.74, 6) is -0.0426. The molecule has 80 valence electrons. The standard InChI is InChI=1S/C11H13NO3/c1-2-15-11(14)10-5-7-3-4-8(13)6-9(7)12-10/h3-4,6,10,12-13H,2,5H2,1H3. The van der Waals surface area contributed by atoms with Crippen LogP contribution in [-0.2, 0) is 16.0 Å². The second kappa shape index (κ2) is 3.81. The first-order valence-corrected chi connectivity index (χ1v) is 4.95. The van der Waals surface area contributed by atoms with Crippen molar-refractivity contribution >= 4 is 11.7 Å². The van der Waals surface area contributed by atoms with Crippen LogP contribution in [0, 0.1) is 0 Å². The fraction of sp³-hybridized carbons (Fsp3) is 0.364. The minimum atomic E-state index is -0.318. The maximum absolute atomic E-state index is 11.5. The average Bonchev–Trinajstić information content (AvgIpc) is 2.60. The van der Waals surface area contributed by atoms with Gasteiger partial charge in [0, 0.05) is 18.2 Å². The summed E-state index contributed by atoms with van der Waals surface area (Å²) in [5.41, 5.74) is 1.85. The topological polar surface area (TPSA) is 58.6 Å². The summed E-state index contributed by atoms with van der Waals surface area (Å²) in [5, 5.41) is 12.3. The van der Waals surface area contributed by atoms with Crippen LogP contribution in [0.3, 0.4) is 0 Å². The van der Waals surface area contributed by atoms with Crippen molar-refractivity contribution in [1.29, 1.82) is 0 Å². The highest BCUT2D eigenvalue weighted by Crippen LogP contribution is 2.29. The number of phenols is 1. The van der Waals surface area contributed by atoms with Gasteiger partial charge >= 0.3 is 5.97 Å². The van der Waals surface area contributed by atoms with Gasteiger partial charge in [0.05, 0.1) is 6.61 Å². The largest absolute Gasteiger partial charge is 0.508 e. The van der Waals surface area contributed by atoms with Gasteiger partial charge in [-0.3, -0.25) is 0 Å². The summed E-state index contributed by atoms with van der Waals surface area (Å²) >= 11 is 0. The Morgan fingerprint density at radius 3 is 3.20 bits per heavy atom. The minimum Gasteiger partial charge on any atom is -0.508 e. The second-order valence-corrected chi connectivity index (χ2v) is 3.49. The molecule has 1 aliphatic heterocycles. The van der Waals surface area contributed by atoms with E-state index in [1.54, 1.807) is 19.1 Å². The molecule has 2 rings (SSSR count). The number of esters is 1. The summed E-state index contributed by atoms with van der Waals surface area (Å²) in [6.45, 7) is 2.17. The van der Waals surface area contributed by atoms with Gasteiger partial charge in [0.2, 0.25) is 0 Å². The molecule has 0 spiro atoms. The number of hydrogen-bond acceptors (Lipinski definition) is 4. The van der Waals surface area contributed by atoms with Crippen molar-refractivity contribution in [2.75, 3.05) is 11.9 Å². The molecule has 1 atom stereocenters. The van der Waals surface area contributed by atoms with Gasteiger partial charge in [0.15, 0.2) is 0 Å². The van der Waals surface area contributed by atoms with Gasteiger partial charge in [-0.15, -0.1) is 0 Å². The number of carbonyl (C=O) groups excluding carboxylic acids is 1. The Balaban J connectivity index is 2.12. The SMILES string of the molecule is CCOC(=O)C1Cc2ccc(O)cc2N1. The average molecular weight is 207 g/mol. The molecule has 4 nitrogen and oxygen atoms in total. The zero-order chi connectivity index (χ0) is 10.8. The fourth-order valence-electron chi connectivity index (χ4n) is 1.72. The van der Waals surface area contributed by atoms with Crippen LogP contribution in [0.4, 0.5) is 5.69 Å². The van der Waals surface area contributed by atoms with E-state index in [1.807, 2.05) is 6.07 Å². The van der Waals surface area contributed by atoms with E-state index in [9.17, 15) is 9.90 Å². The lowest BCUT2D eigenvalue weighted by Crippen LogP contribution is -2.28. The molecule has 0 aliphatic carbocycles. The van der Waals surface area contributed by atoms with Gasteiger partial charge in [-0.25, -0.2) is 4.79 Å². The first-order chi connectivity index (χ1) is 7.20. The number of aromatic hydroxyl groups is 1. The summed E-state index contributed by atoms with van der Waals surface area (Å²) in [4.78, 5) is 11.5. The van der Waals surface area contributed by atoms with E-state index in [4.69, 9.17) is 4.74 Å². The van der Waals surface area contributed by atoms with Crippen molar-refractivity contribution in [3.05, 3.63) is 23.8 Å². The molecule has 1 heterocycles. The van der Waals surface area contributed by atoms with E-state index in [1.165, 1.54) is 0 Å². The van der Waals surface area contributed by atoms with Crippen LogP contribution in [0.25, 0.3) is 0 Å². The zero-order valence-corrected chi connectivity index (χ0v) is 8.49. The third kappa shape index (κ3) is 1.88. The molecule has 0 amide bonds. The van der Waals surface area contributed by atoms with E-state index >= 15 is 0 Å². The first-order valence-electron chi connectivity index (χ1n) is 4.95. The maximum atomic E-state index is 11.5. The molecule has 1 aromatic rings. The number of benzene rings is 1. The number of nitrogens with one attached hydrogen (secondary N) is 1. The normalized spacial score (nSPS) is 18.1. The number of carbonyl (C=O) groups is 1. The molecule has 0 bridgehead atoms. The lowest BCUT2D eigenvalue weighted by molar-refractivity contribution is -0.143. The molecule has 1 aromatic carbocycles. The zero-order valence-electron chi connectivity index (χ0n) is 8.49. The summed E-state index contributed by atoms with van der Waals surface area (Å²) in [6.07, 6.45) is 0.619. The van der Waals surface area contributed by atoms with Crippen molar-refractivity contribution < 1.29 is 14.6 Å². The number of fused-ring (bicyclic) bond motifs is 1. The highest BCUT2D eigenvalue weighted by molar-refractivity contribution is 5.83. The summed E-state index contributed by atoms with van der Waals surface area (Å²) in [7, 11) is 0. The van der Waals surface area contributed by atoms with E-state index < -0.39 is 0 Å². The molecule has 1 aliphatic rings. The molecule has 0 fully saturated rings. The molecule has 1 unspecified atom stereocenters. The second-order valence-electron chi connectivity index (χ2n) is 3.49. The van der Waals surface area contributed by atoms with Crippen molar-refractivity contribution in [3.63, 3.8) is 0 Å². The number of phenolic OH excluding ortho intramolecular Hbond substituents is 1. The Morgan fingerprint density at radius 2 is 2.47 bits per heavy atom. The van der Waals surface area contributed by atoms with Gasteiger partial charge in [-0.05, 0) is 18.6 Å². The van der Waals surface area contributed by atoms with E-state index in [2.05, 4.69) is 5.32 Å². The van der Waals surface area contributed by atoms with Crippen molar-refractivity contribution in [2.45, 2.75) is 19.4 Å². The number of hydrogen-bond donors (Lipinski definition) is 2. The van der Waals surface area contributed by atoms with Crippen LogP contribution >= 0.6 is 0 Å². The van der Waals surface area contributed by atoms with Crippen LogP contribution in [0.2, 0.25) is 0 Å². The molecule has 0 aromatic heterocycles. The van der Waals surface area contributed by atoms with Crippen molar-refractivity contribution in [1.82, 2.24) is 0 Å². The predicted octanol–water partition coefficient (Wildman–Crippen LogP) is 1.29. The van der Waals surface area contributed by atoms with Crippen LogP contribution in [0.15, 0.2) is 18.2 Å². The third-order valence-corrected chi connectivity index (χ3v) is 2.42. The Hall–Kier alpha value is -1.71. The lowest BCUT2D eigenvalue weighted by atomic mass is 10.1. The molecule has 0 saturated carbocycles. The summed E-state index contributed by atoms with van der Waals surface area (Å²) < 4.78 is 4.92. The lowest BCUT2D eigenvalue weighted by Gasteiger charge is -2.09. The first kappa shape index (κ1) is 9.83. The molecule has 2 N–H and O–H groups in total. The smallest absolute Gasteiger partial charge is 0.328 e. The Bertz CT molecular complexity index is 389. The van der Waals surface area contributed by atoms with E-state index in [0.29, 0.717) is 13.0 Å². The number of anilines is 1. The molecule has 4 heteroatoms. The fourth-order valence-corrected chi connectivity index (χ4v) is 1.72. The Labute approximate surface area is 87.9 Å². The minimum absolute atomic E-state index is 0.200. The van der Waals surface area contributed by atoms with Crippen LogP contribution in [0.1, 0.15) is 12.5 Å². The Morgan fingerprint density at radius 1 is 1.67 bits per heavy atom. The Kier molecular flexibility index (Phi) is 2.49. The van der Waals surface area contributed by atoms with Gasteiger partial charge in [-0.1, -0.05) is 6.07 Å². The van der Waals surface area contributed by atoms with Crippen molar-refractivity contribution in [2.24, 2.45) is 0 Å². The molecular formula is C11H13NO3. The quantitative estimate of drug-likeness (QED) is 0.717. The van der Waals surface area contributed by atoms with E-state index in [0.717, 1.165) is 11.3 Å². The summed E-state index contributed by atoms with van der Waals surface area (Å²) in [6, 6.07) is 4.74. The van der Waals surface area contributed by atoms with Gasteiger partial charge in [0.25, 0.3) is 0 Å². The van der Waals surface area contributed by atoms with Gasteiger partial charge in [0.1, 0.15) is 11.8 Å². The van der Waals surface area contributed by atoms with Crippen LogP contribution < -0.4 is 5.32 Å². The molecule has 0 saturated heterocycles. The number of rotatable bonds is 2. The number of ether oxygens (including phenoxy) is 1. The molecular weight excluding hydrogens is 194 g/mol. The third-order valence-electron chi connectivity index (χ3n) is 2.42. The maximum Gasteiger partial charge on any atom is 0.328 e. The van der Waals surface area contributed by atoms with Gasteiger partial charge in [-0.2, -0.15) is 0 Å². The van der Waals surface area contributed by atoms with E-state index in [-0.39, 0.29) is 17.8 Å². The highest BCUT2D eigenvalue weighted by Gasteiger charge is 2.27. The predicted molar refractivity (Wildman–Crippen MR) is 55.9 cm³/mol. The molecule has 15 heavy (non-hydrogen) atoms. The van der Waals surface area contributed by atoms with Gasteiger partial charge < -0.3 is 15.2 Å². The monoisotopic (exact) mass is 207 g/mol. The van der Waals surface area contributed by atoms with Crippen LogP contribution in [0.5, 0.6) is 5.75 Å². The van der Waals surface area contributed by atoms with Crippen LogP contribution in [-0.4, -0.2) is 23.7 Å². The van der Waals surface area contributed by atoms with Crippen molar-refractivity contribution in [3.8, 4) is 5.75 Å².